The number of ether oxygens (including phenoxy) is 1. The minimum Gasteiger partial charge on any atom is -0.365 e. The molecule has 1 atom stereocenters. The first kappa shape index (κ1) is 10.4. The van der Waals surface area contributed by atoms with Gasteiger partial charge < -0.3 is 9.64 Å². The molecular weight excluding hydrogens is 246 g/mol. The fraction of sp³-hybridized carbons (Fsp3) is 0.900. The normalized spacial score (nSPS) is 33.1. The van der Waals surface area contributed by atoms with Crippen LogP contribution in [0.2, 0.25) is 0 Å². The van der Waals surface area contributed by atoms with E-state index in [1.807, 2.05) is 11.8 Å². The summed E-state index contributed by atoms with van der Waals surface area (Å²) >= 11 is 3.43. The molecule has 0 aromatic heterocycles. The van der Waals surface area contributed by atoms with E-state index in [1.165, 1.54) is 0 Å². The number of hydrogen-bond donors (Lipinski definition) is 0. The molecule has 2 saturated heterocycles. The van der Waals surface area contributed by atoms with Crippen LogP contribution in [0.3, 0.4) is 0 Å². The Hall–Kier alpha value is -0.0900. The van der Waals surface area contributed by atoms with Crippen LogP contribution in [0.15, 0.2) is 0 Å². The van der Waals surface area contributed by atoms with Crippen molar-refractivity contribution >= 4 is 21.8 Å². The summed E-state index contributed by atoms with van der Waals surface area (Å²) in [5, 5.41) is 0.994. The molecule has 2 heterocycles. The highest BCUT2D eigenvalue weighted by Gasteiger charge is 2.43. The van der Waals surface area contributed by atoms with Crippen LogP contribution in [-0.2, 0) is 9.53 Å². The van der Waals surface area contributed by atoms with E-state index in [4.69, 9.17) is 4.74 Å². The van der Waals surface area contributed by atoms with Gasteiger partial charge in [0, 0.05) is 30.9 Å². The predicted molar refractivity (Wildman–Crippen MR) is 57.5 cm³/mol. The Morgan fingerprint density at radius 2 is 2.36 bits per heavy atom. The molecule has 0 spiro atoms. The molecule has 0 aromatic rings. The molecule has 0 N–H and O–H groups in total. The van der Waals surface area contributed by atoms with E-state index < -0.39 is 5.60 Å². The fourth-order valence-corrected chi connectivity index (χ4v) is 2.53. The smallest absolute Gasteiger partial charge is 0.254 e. The molecule has 1 amide bonds. The minimum atomic E-state index is -0.517. The second-order valence-corrected chi connectivity index (χ2v) is 5.06. The largest absolute Gasteiger partial charge is 0.365 e. The van der Waals surface area contributed by atoms with Gasteiger partial charge in [0.2, 0.25) is 0 Å². The third kappa shape index (κ3) is 1.70. The second kappa shape index (κ2) is 3.81. The average Bonchev–Trinajstić information content (AvgIpc) is 2.51. The first-order valence-electron chi connectivity index (χ1n) is 5.15. The van der Waals surface area contributed by atoms with E-state index in [1.54, 1.807) is 0 Å². The van der Waals surface area contributed by atoms with Crippen LogP contribution in [0.25, 0.3) is 0 Å². The van der Waals surface area contributed by atoms with Crippen LogP contribution in [0.4, 0.5) is 0 Å². The van der Waals surface area contributed by atoms with Crippen molar-refractivity contribution in [1.29, 1.82) is 0 Å². The molecule has 0 bridgehead atoms. The zero-order valence-electron chi connectivity index (χ0n) is 8.46. The molecule has 2 aliphatic rings. The fourth-order valence-electron chi connectivity index (χ4n) is 2.12. The van der Waals surface area contributed by atoms with E-state index in [-0.39, 0.29) is 5.91 Å². The topological polar surface area (TPSA) is 29.5 Å². The van der Waals surface area contributed by atoms with Gasteiger partial charge in [0.15, 0.2) is 0 Å². The molecule has 3 nitrogen and oxygen atoms in total. The van der Waals surface area contributed by atoms with E-state index >= 15 is 0 Å². The van der Waals surface area contributed by atoms with Gasteiger partial charge in [-0.25, -0.2) is 0 Å². The first-order chi connectivity index (χ1) is 6.65. The number of amides is 1. The average molecular weight is 262 g/mol. The van der Waals surface area contributed by atoms with Crippen LogP contribution in [0.5, 0.6) is 0 Å². The zero-order chi connectivity index (χ0) is 10.2. The molecule has 2 aliphatic heterocycles. The predicted octanol–water partition coefficient (Wildman–Crippen LogP) is 1.41. The molecule has 0 radical (unpaired) electrons. The van der Waals surface area contributed by atoms with Gasteiger partial charge in [-0.2, -0.15) is 0 Å². The number of alkyl halides is 1. The van der Waals surface area contributed by atoms with Gasteiger partial charge in [0.1, 0.15) is 5.60 Å². The highest BCUT2D eigenvalue weighted by molar-refractivity contribution is 9.09. The number of carbonyl (C=O) groups is 1. The van der Waals surface area contributed by atoms with Crippen molar-refractivity contribution in [1.82, 2.24) is 4.90 Å². The van der Waals surface area contributed by atoms with Crippen LogP contribution < -0.4 is 0 Å². The van der Waals surface area contributed by atoms with Gasteiger partial charge in [0.25, 0.3) is 5.91 Å². The van der Waals surface area contributed by atoms with Gasteiger partial charge in [0.05, 0.1) is 0 Å². The Morgan fingerprint density at radius 3 is 2.86 bits per heavy atom. The maximum Gasteiger partial charge on any atom is 0.254 e. The maximum atomic E-state index is 12.0. The monoisotopic (exact) mass is 261 g/mol. The molecule has 0 aromatic carbocycles. The zero-order valence-corrected chi connectivity index (χ0v) is 10.0. The Bertz CT molecular complexity index is 232. The van der Waals surface area contributed by atoms with Gasteiger partial charge in [-0.15, -0.1) is 0 Å². The summed E-state index contributed by atoms with van der Waals surface area (Å²) in [5.41, 5.74) is -0.517. The summed E-state index contributed by atoms with van der Waals surface area (Å²) in [7, 11) is 0. The highest BCUT2D eigenvalue weighted by Crippen LogP contribution is 2.30. The first-order valence-corrected chi connectivity index (χ1v) is 6.27. The lowest BCUT2D eigenvalue weighted by Crippen LogP contribution is -2.57. The summed E-state index contributed by atoms with van der Waals surface area (Å²) in [6, 6.07) is 0. The Labute approximate surface area is 92.9 Å². The molecule has 0 aliphatic carbocycles. The lowest BCUT2D eigenvalue weighted by molar-refractivity contribution is -0.157. The molecule has 14 heavy (non-hydrogen) atoms. The lowest BCUT2D eigenvalue weighted by atomic mass is 9.95. The standard InChI is InChI=1S/C10H16BrNO2/c1-10(3-2-4-14-10)9(13)12-6-8(5-11)7-12/h8H,2-7H2,1H3. The van der Waals surface area contributed by atoms with Gasteiger partial charge in [-0.1, -0.05) is 15.9 Å². The van der Waals surface area contributed by atoms with Crippen LogP contribution >= 0.6 is 15.9 Å². The lowest BCUT2D eigenvalue weighted by Gasteiger charge is -2.42. The Balaban J connectivity index is 1.90. The molecule has 80 valence electrons. The van der Waals surface area contributed by atoms with Crippen LogP contribution in [-0.4, -0.2) is 41.4 Å². The second-order valence-electron chi connectivity index (χ2n) is 4.41. The number of rotatable bonds is 2. The number of nitrogens with zero attached hydrogens (tertiary/aromatic N) is 1. The maximum absolute atomic E-state index is 12.0. The van der Waals surface area contributed by atoms with Gasteiger partial charge in [-0.05, 0) is 19.8 Å². The van der Waals surface area contributed by atoms with Gasteiger partial charge in [-0.3, -0.25) is 4.79 Å². The third-order valence-corrected chi connectivity index (χ3v) is 4.05. The van der Waals surface area contributed by atoms with E-state index in [9.17, 15) is 4.79 Å². The van der Waals surface area contributed by atoms with E-state index in [2.05, 4.69) is 15.9 Å². The van der Waals surface area contributed by atoms with E-state index in [0.717, 1.165) is 37.9 Å². The van der Waals surface area contributed by atoms with Crippen molar-refractivity contribution < 1.29 is 9.53 Å². The number of carbonyl (C=O) groups excluding carboxylic acids is 1. The van der Waals surface area contributed by atoms with E-state index in [0.29, 0.717) is 5.92 Å². The molecule has 1 unspecified atom stereocenters. The van der Waals surface area contributed by atoms with Crippen molar-refractivity contribution in [2.24, 2.45) is 5.92 Å². The summed E-state index contributed by atoms with van der Waals surface area (Å²) in [6.07, 6.45) is 1.89. The Morgan fingerprint density at radius 1 is 1.64 bits per heavy atom. The molecule has 2 fully saturated rings. The summed E-state index contributed by atoms with van der Waals surface area (Å²) in [4.78, 5) is 13.9. The van der Waals surface area contributed by atoms with Crippen molar-refractivity contribution in [3.05, 3.63) is 0 Å². The highest BCUT2D eigenvalue weighted by atomic mass is 79.9. The molecule has 2 rings (SSSR count). The van der Waals surface area contributed by atoms with Crippen LogP contribution in [0, 0.1) is 5.92 Å². The number of hydrogen-bond acceptors (Lipinski definition) is 2. The number of halogens is 1. The van der Waals surface area contributed by atoms with Crippen molar-refractivity contribution in [3.8, 4) is 0 Å². The molecule has 4 heteroatoms. The summed E-state index contributed by atoms with van der Waals surface area (Å²) in [5.74, 6) is 0.830. The Kier molecular flexibility index (Phi) is 2.84. The molecule has 0 saturated carbocycles. The summed E-state index contributed by atoms with van der Waals surface area (Å²) < 4.78 is 5.53. The minimum absolute atomic E-state index is 0.187. The summed E-state index contributed by atoms with van der Waals surface area (Å²) in [6.45, 7) is 4.44. The van der Waals surface area contributed by atoms with Crippen molar-refractivity contribution in [2.75, 3.05) is 25.0 Å². The third-order valence-electron chi connectivity index (χ3n) is 3.13. The van der Waals surface area contributed by atoms with Crippen molar-refractivity contribution in [3.63, 3.8) is 0 Å². The quantitative estimate of drug-likeness (QED) is 0.704. The molecular formula is C10H16BrNO2. The number of likely N-dealkylation sites (tertiary alicyclic amines) is 1. The van der Waals surface area contributed by atoms with Gasteiger partial charge >= 0.3 is 0 Å². The van der Waals surface area contributed by atoms with Crippen LogP contribution in [0.1, 0.15) is 19.8 Å². The SMILES string of the molecule is CC1(C(=O)N2CC(CBr)C2)CCCO1. The van der Waals surface area contributed by atoms with Crippen molar-refractivity contribution in [2.45, 2.75) is 25.4 Å².